The second-order valence-electron chi connectivity index (χ2n) is 3.98. The van der Waals surface area contributed by atoms with E-state index < -0.39 is 0 Å². The van der Waals surface area contributed by atoms with Crippen molar-refractivity contribution < 1.29 is 0 Å². The largest absolute Gasteiger partial charge is 0.341 e. The summed E-state index contributed by atoms with van der Waals surface area (Å²) in [7, 11) is 0. The molecule has 0 bridgehead atoms. The Morgan fingerprint density at radius 2 is 2.25 bits per heavy atom. The van der Waals surface area contributed by atoms with Crippen LogP contribution in [-0.2, 0) is 6.54 Å². The van der Waals surface area contributed by atoms with Crippen LogP contribution in [0.2, 0.25) is 0 Å². The van der Waals surface area contributed by atoms with Gasteiger partial charge in [0.05, 0.1) is 17.6 Å². The number of hydrogen-bond donors (Lipinski definition) is 2. The van der Waals surface area contributed by atoms with Crippen LogP contribution in [0.15, 0.2) is 16.6 Å². The van der Waals surface area contributed by atoms with Crippen molar-refractivity contribution in [3.63, 3.8) is 0 Å². The van der Waals surface area contributed by atoms with E-state index in [1.165, 1.54) is 5.56 Å². The van der Waals surface area contributed by atoms with E-state index in [-0.39, 0.29) is 0 Å². The third-order valence-electron chi connectivity index (χ3n) is 2.51. The molecule has 0 aliphatic carbocycles. The molecule has 1 aromatic carbocycles. The first kappa shape index (κ1) is 11.6. The first-order valence-corrected chi connectivity index (χ1v) is 6.35. The van der Waals surface area contributed by atoms with E-state index in [0.29, 0.717) is 0 Å². The normalized spacial score (nSPS) is 11.2. The molecular weight excluding hydrogens is 266 g/mol. The van der Waals surface area contributed by atoms with Crippen LogP contribution < -0.4 is 5.32 Å². The lowest BCUT2D eigenvalue weighted by atomic mass is 10.2. The van der Waals surface area contributed by atoms with Gasteiger partial charge in [-0.05, 0) is 37.6 Å². The number of fused-ring (bicyclic) bond motifs is 1. The molecule has 0 amide bonds. The van der Waals surface area contributed by atoms with Crippen LogP contribution >= 0.6 is 15.9 Å². The van der Waals surface area contributed by atoms with Crippen LogP contribution in [0.1, 0.15) is 24.7 Å². The summed E-state index contributed by atoms with van der Waals surface area (Å²) in [5.74, 6) is 1.00. The highest BCUT2D eigenvalue weighted by atomic mass is 79.9. The first-order chi connectivity index (χ1) is 7.70. The molecule has 0 aliphatic rings. The molecule has 3 nitrogen and oxygen atoms in total. The monoisotopic (exact) mass is 281 g/mol. The summed E-state index contributed by atoms with van der Waals surface area (Å²) in [5.41, 5.74) is 3.36. The summed E-state index contributed by atoms with van der Waals surface area (Å²) in [4.78, 5) is 7.92. The SMILES string of the molecule is CCCNCc1nc2c(C)cc(Br)cc2[nH]1. The molecular formula is C12H16BrN3. The average molecular weight is 282 g/mol. The number of H-pyrrole nitrogens is 1. The second-order valence-corrected chi connectivity index (χ2v) is 4.89. The predicted molar refractivity (Wildman–Crippen MR) is 70.5 cm³/mol. The molecule has 0 atom stereocenters. The van der Waals surface area contributed by atoms with Gasteiger partial charge in [-0.15, -0.1) is 0 Å². The Bertz CT molecular complexity index is 490. The summed E-state index contributed by atoms with van der Waals surface area (Å²) >= 11 is 3.49. The van der Waals surface area contributed by atoms with Gasteiger partial charge in [-0.2, -0.15) is 0 Å². The highest BCUT2D eigenvalue weighted by Gasteiger charge is 2.05. The minimum Gasteiger partial charge on any atom is -0.341 e. The summed E-state index contributed by atoms with van der Waals surface area (Å²) < 4.78 is 1.09. The number of hydrogen-bond acceptors (Lipinski definition) is 2. The Kier molecular flexibility index (Phi) is 3.61. The number of rotatable bonds is 4. The van der Waals surface area contributed by atoms with Gasteiger partial charge in [0.15, 0.2) is 0 Å². The fourth-order valence-corrected chi connectivity index (χ4v) is 2.34. The third-order valence-corrected chi connectivity index (χ3v) is 2.97. The molecule has 1 aromatic heterocycles. The number of aromatic amines is 1. The molecule has 4 heteroatoms. The summed E-state index contributed by atoms with van der Waals surface area (Å²) in [6.07, 6.45) is 1.14. The summed E-state index contributed by atoms with van der Waals surface area (Å²) in [6.45, 7) is 6.07. The van der Waals surface area contributed by atoms with Gasteiger partial charge >= 0.3 is 0 Å². The molecule has 0 spiro atoms. The average Bonchev–Trinajstić information content (AvgIpc) is 2.61. The van der Waals surface area contributed by atoms with Gasteiger partial charge < -0.3 is 10.3 Å². The highest BCUT2D eigenvalue weighted by Crippen LogP contribution is 2.21. The lowest BCUT2D eigenvalue weighted by Gasteiger charge is -1.97. The van der Waals surface area contributed by atoms with E-state index in [9.17, 15) is 0 Å². The summed E-state index contributed by atoms with van der Waals surface area (Å²) in [6, 6.07) is 4.16. The van der Waals surface area contributed by atoms with Gasteiger partial charge in [-0.3, -0.25) is 0 Å². The minimum atomic E-state index is 0.805. The predicted octanol–water partition coefficient (Wildman–Crippen LogP) is 3.13. The van der Waals surface area contributed by atoms with Gasteiger partial charge in [-0.25, -0.2) is 4.98 Å². The zero-order valence-corrected chi connectivity index (χ0v) is 11.2. The Labute approximate surface area is 104 Å². The van der Waals surface area contributed by atoms with Crippen LogP contribution in [0.25, 0.3) is 11.0 Å². The third kappa shape index (κ3) is 2.44. The van der Waals surface area contributed by atoms with Gasteiger partial charge in [0, 0.05) is 4.47 Å². The number of aromatic nitrogens is 2. The number of benzene rings is 1. The van der Waals surface area contributed by atoms with Crippen LogP contribution in [-0.4, -0.2) is 16.5 Å². The molecule has 16 heavy (non-hydrogen) atoms. The van der Waals surface area contributed by atoms with Crippen molar-refractivity contribution in [1.82, 2.24) is 15.3 Å². The molecule has 0 fully saturated rings. The maximum atomic E-state index is 4.59. The number of halogens is 1. The van der Waals surface area contributed by atoms with Crippen LogP contribution in [0.5, 0.6) is 0 Å². The molecule has 1 heterocycles. The van der Waals surface area contributed by atoms with Crippen molar-refractivity contribution in [3.8, 4) is 0 Å². The van der Waals surface area contributed by atoms with Crippen LogP contribution in [0.4, 0.5) is 0 Å². The summed E-state index contributed by atoms with van der Waals surface area (Å²) in [5, 5.41) is 3.34. The fourth-order valence-electron chi connectivity index (χ4n) is 1.76. The van der Waals surface area contributed by atoms with Gasteiger partial charge in [0.1, 0.15) is 5.82 Å². The maximum absolute atomic E-state index is 4.59. The van der Waals surface area contributed by atoms with Gasteiger partial charge in [0.25, 0.3) is 0 Å². The molecule has 0 radical (unpaired) electrons. The molecule has 0 aliphatic heterocycles. The number of aryl methyl sites for hydroxylation is 1. The Morgan fingerprint density at radius 1 is 1.44 bits per heavy atom. The number of imidazole rings is 1. The van der Waals surface area contributed by atoms with Gasteiger partial charge in [-0.1, -0.05) is 22.9 Å². The van der Waals surface area contributed by atoms with Crippen LogP contribution in [0.3, 0.4) is 0 Å². The molecule has 0 saturated carbocycles. The Morgan fingerprint density at radius 3 is 3.00 bits per heavy atom. The smallest absolute Gasteiger partial charge is 0.121 e. The fraction of sp³-hybridized carbons (Fsp3) is 0.417. The van der Waals surface area contributed by atoms with Crippen molar-refractivity contribution in [2.45, 2.75) is 26.8 Å². The van der Waals surface area contributed by atoms with Crippen molar-refractivity contribution in [1.29, 1.82) is 0 Å². The highest BCUT2D eigenvalue weighted by molar-refractivity contribution is 9.10. The number of nitrogens with zero attached hydrogens (tertiary/aromatic N) is 1. The zero-order chi connectivity index (χ0) is 11.5. The lowest BCUT2D eigenvalue weighted by Crippen LogP contribution is -2.14. The topological polar surface area (TPSA) is 40.7 Å². The van der Waals surface area contributed by atoms with Crippen molar-refractivity contribution in [2.24, 2.45) is 0 Å². The van der Waals surface area contributed by atoms with E-state index in [2.05, 4.69) is 57.2 Å². The van der Waals surface area contributed by atoms with Gasteiger partial charge in [0.2, 0.25) is 0 Å². The van der Waals surface area contributed by atoms with E-state index in [1.807, 2.05) is 0 Å². The molecule has 2 rings (SSSR count). The molecule has 2 N–H and O–H groups in total. The number of nitrogens with one attached hydrogen (secondary N) is 2. The molecule has 0 saturated heterocycles. The second kappa shape index (κ2) is 4.97. The van der Waals surface area contributed by atoms with Crippen LogP contribution in [0, 0.1) is 6.92 Å². The Hall–Kier alpha value is -0.870. The minimum absolute atomic E-state index is 0.805. The van der Waals surface area contributed by atoms with Crippen molar-refractivity contribution in [2.75, 3.05) is 6.54 Å². The zero-order valence-electron chi connectivity index (χ0n) is 9.60. The van der Waals surface area contributed by atoms with Crippen molar-refractivity contribution in [3.05, 3.63) is 28.0 Å². The molecule has 2 aromatic rings. The lowest BCUT2D eigenvalue weighted by molar-refractivity contribution is 0.656. The van der Waals surface area contributed by atoms with E-state index >= 15 is 0 Å². The quantitative estimate of drug-likeness (QED) is 0.846. The van der Waals surface area contributed by atoms with E-state index in [4.69, 9.17) is 0 Å². The van der Waals surface area contributed by atoms with Crippen molar-refractivity contribution >= 4 is 27.0 Å². The Balaban J connectivity index is 2.26. The maximum Gasteiger partial charge on any atom is 0.121 e. The first-order valence-electron chi connectivity index (χ1n) is 5.56. The van der Waals surface area contributed by atoms with E-state index in [0.717, 1.165) is 40.8 Å². The molecule has 0 unspecified atom stereocenters. The van der Waals surface area contributed by atoms with E-state index in [1.54, 1.807) is 0 Å². The standard InChI is InChI=1S/C12H16BrN3/c1-3-4-14-7-11-15-10-6-9(13)5-8(2)12(10)16-11/h5-6,14H,3-4,7H2,1-2H3,(H,15,16). The molecule has 86 valence electrons.